The number of thiazole rings is 1. The lowest BCUT2D eigenvalue weighted by Crippen LogP contribution is -2.38. The second-order valence-corrected chi connectivity index (χ2v) is 5.59. The van der Waals surface area contributed by atoms with Crippen LogP contribution in [0.5, 0.6) is 0 Å². The number of nitrogen functional groups attached to an aromatic ring is 1. The Labute approximate surface area is 120 Å². The lowest BCUT2D eigenvalue weighted by molar-refractivity contribution is -0.0529. The molecule has 3 rings (SSSR count). The first-order valence-electron chi connectivity index (χ1n) is 5.97. The van der Waals surface area contributed by atoms with E-state index >= 15 is 0 Å². The minimum Gasteiger partial charge on any atom is -0.394 e. The lowest BCUT2D eigenvalue weighted by atomic mass is 10.1. The fourth-order valence-electron chi connectivity index (χ4n) is 2.28. The molecule has 10 nitrogen and oxygen atoms in total. The van der Waals surface area contributed by atoms with Crippen LogP contribution >= 0.6 is 11.3 Å². The molecule has 0 aromatic carbocycles. The van der Waals surface area contributed by atoms with Gasteiger partial charge in [-0.05, 0) is 0 Å². The zero-order valence-electron chi connectivity index (χ0n) is 10.5. The van der Waals surface area contributed by atoms with E-state index in [0.717, 1.165) is 15.9 Å². The van der Waals surface area contributed by atoms with Crippen LogP contribution in [0.3, 0.4) is 0 Å². The first kappa shape index (κ1) is 14.2. The number of fused-ring (bicyclic) bond motifs is 1. The zero-order valence-corrected chi connectivity index (χ0v) is 11.3. The number of H-pyrrole nitrogens is 1. The molecule has 1 aliphatic heterocycles. The summed E-state index contributed by atoms with van der Waals surface area (Å²) >= 11 is 0.883. The Kier molecular flexibility index (Phi) is 3.30. The van der Waals surface area contributed by atoms with Gasteiger partial charge in [-0.25, -0.2) is 14.3 Å². The van der Waals surface area contributed by atoms with Crippen LogP contribution in [0.15, 0.2) is 9.59 Å². The number of rotatable bonds is 2. The molecule has 3 heterocycles. The molecule has 2 aromatic rings. The van der Waals surface area contributed by atoms with Gasteiger partial charge >= 0.3 is 5.69 Å². The third kappa shape index (κ3) is 2.06. The van der Waals surface area contributed by atoms with Crippen LogP contribution in [-0.4, -0.2) is 54.8 Å². The van der Waals surface area contributed by atoms with Gasteiger partial charge in [-0.3, -0.25) is 9.78 Å². The SMILES string of the molecule is Nc1nc2c(s1)c(=O)[nH]c(=O)n2[C@@H]1O[C@H](CO)[C@@H](O)[C@H]1O. The van der Waals surface area contributed by atoms with Crippen molar-refractivity contribution in [3.05, 3.63) is 20.8 Å². The number of ether oxygens (including phenoxy) is 1. The van der Waals surface area contributed by atoms with Gasteiger partial charge in [0.25, 0.3) is 5.56 Å². The van der Waals surface area contributed by atoms with E-state index in [1.807, 2.05) is 0 Å². The van der Waals surface area contributed by atoms with Gasteiger partial charge in [-0.2, -0.15) is 0 Å². The summed E-state index contributed by atoms with van der Waals surface area (Å²) in [6.07, 6.45) is -5.16. The van der Waals surface area contributed by atoms with Gasteiger partial charge < -0.3 is 25.8 Å². The van der Waals surface area contributed by atoms with E-state index in [2.05, 4.69) is 9.97 Å². The maximum atomic E-state index is 12.0. The van der Waals surface area contributed by atoms with Gasteiger partial charge in [-0.15, -0.1) is 0 Å². The first-order chi connectivity index (χ1) is 9.93. The van der Waals surface area contributed by atoms with E-state index in [1.54, 1.807) is 0 Å². The zero-order chi connectivity index (χ0) is 15.3. The van der Waals surface area contributed by atoms with E-state index in [9.17, 15) is 19.8 Å². The molecule has 0 unspecified atom stereocenters. The fourth-order valence-corrected chi connectivity index (χ4v) is 3.00. The Bertz CT molecular complexity index is 797. The topological polar surface area (TPSA) is 164 Å². The summed E-state index contributed by atoms with van der Waals surface area (Å²) in [5.41, 5.74) is 4.00. The highest BCUT2D eigenvalue weighted by molar-refractivity contribution is 7.21. The molecule has 6 N–H and O–H groups in total. The molecule has 2 aromatic heterocycles. The quantitative estimate of drug-likeness (QED) is 0.400. The highest BCUT2D eigenvalue weighted by Gasteiger charge is 2.44. The number of anilines is 1. The molecule has 1 fully saturated rings. The van der Waals surface area contributed by atoms with Gasteiger partial charge in [0, 0.05) is 0 Å². The van der Waals surface area contributed by atoms with E-state index < -0.39 is 42.4 Å². The lowest BCUT2D eigenvalue weighted by Gasteiger charge is -2.17. The molecule has 1 aliphatic rings. The normalized spacial score (nSPS) is 29.3. The molecule has 11 heteroatoms. The molecule has 0 spiro atoms. The van der Waals surface area contributed by atoms with Crippen LogP contribution in [-0.2, 0) is 4.74 Å². The molecular formula is C10H12N4O6S. The third-order valence-electron chi connectivity index (χ3n) is 3.27. The van der Waals surface area contributed by atoms with Crippen molar-refractivity contribution in [2.45, 2.75) is 24.5 Å². The number of aliphatic hydroxyl groups excluding tert-OH is 3. The predicted octanol–water partition coefficient (Wildman–Crippen LogP) is -2.66. The van der Waals surface area contributed by atoms with Gasteiger partial charge in [0.15, 0.2) is 17.0 Å². The molecule has 0 aliphatic carbocycles. The van der Waals surface area contributed by atoms with Crippen molar-refractivity contribution in [3.63, 3.8) is 0 Å². The number of nitrogens with zero attached hydrogens (tertiary/aromatic N) is 2. The summed E-state index contributed by atoms with van der Waals surface area (Å²) in [5, 5.41) is 28.9. The fraction of sp³-hybridized carbons (Fsp3) is 0.500. The summed E-state index contributed by atoms with van der Waals surface area (Å²) in [6.45, 7) is -0.533. The van der Waals surface area contributed by atoms with E-state index in [-0.39, 0.29) is 15.5 Å². The molecule has 114 valence electrons. The average Bonchev–Trinajstić information content (AvgIpc) is 2.94. The Balaban J connectivity index is 2.21. The summed E-state index contributed by atoms with van der Waals surface area (Å²) in [4.78, 5) is 29.7. The van der Waals surface area contributed by atoms with Crippen LogP contribution < -0.4 is 17.0 Å². The van der Waals surface area contributed by atoms with E-state index in [4.69, 9.17) is 15.6 Å². The monoisotopic (exact) mass is 316 g/mol. The smallest absolute Gasteiger partial charge is 0.332 e. The van der Waals surface area contributed by atoms with Gasteiger partial charge in [0.2, 0.25) is 0 Å². The van der Waals surface area contributed by atoms with Crippen LogP contribution in [0.25, 0.3) is 10.3 Å². The maximum Gasteiger partial charge on any atom is 0.332 e. The molecule has 4 atom stereocenters. The van der Waals surface area contributed by atoms with Crippen LogP contribution in [0.2, 0.25) is 0 Å². The Hall–Kier alpha value is -1.79. The van der Waals surface area contributed by atoms with Crippen molar-refractivity contribution < 1.29 is 20.1 Å². The predicted molar refractivity (Wildman–Crippen MR) is 71.9 cm³/mol. The maximum absolute atomic E-state index is 12.0. The molecular weight excluding hydrogens is 304 g/mol. The Morgan fingerprint density at radius 1 is 1.38 bits per heavy atom. The molecule has 0 bridgehead atoms. The Morgan fingerprint density at radius 2 is 2.10 bits per heavy atom. The standard InChI is InChI=1S/C10H12N4O6S/c11-9-12-6-5(21-9)7(18)13-10(19)14(6)8-4(17)3(16)2(1-15)20-8/h2-4,8,15-17H,1H2,(H2,11,12)(H,13,18,19)/t2-,3-,4-,8-/m1/s1. The van der Waals surface area contributed by atoms with Gasteiger partial charge in [-0.1, -0.05) is 11.3 Å². The minimum absolute atomic E-state index is 0.0407. The minimum atomic E-state index is -1.46. The summed E-state index contributed by atoms with van der Waals surface area (Å²) in [5.74, 6) is 0. The molecule has 0 amide bonds. The number of nitrogens with two attached hydrogens (primary N) is 1. The second-order valence-electron chi connectivity index (χ2n) is 4.56. The van der Waals surface area contributed by atoms with Crippen LogP contribution in [0, 0.1) is 0 Å². The highest BCUT2D eigenvalue weighted by atomic mass is 32.1. The molecule has 1 saturated heterocycles. The molecule has 0 saturated carbocycles. The van der Waals surface area contributed by atoms with Crippen molar-refractivity contribution >= 4 is 26.8 Å². The van der Waals surface area contributed by atoms with E-state index in [0.29, 0.717) is 0 Å². The number of nitrogens with one attached hydrogen (secondary N) is 1. The number of aliphatic hydroxyl groups is 3. The van der Waals surface area contributed by atoms with Crippen molar-refractivity contribution in [2.75, 3.05) is 12.3 Å². The van der Waals surface area contributed by atoms with Gasteiger partial charge in [0.1, 0.15) is 23.0 Å². The van der Waals surface area contributed by atoms with Gasteiger partial charge in [0.05, 0.1) is 6.61 Å². The molecule has 21 heavy (non-hydrogen) atoms. The summed E-state index contributed by atoms with van der Waals surface area (Å²) in [6, 6.07) is 0. The van der Waals surface area contributed by atoms with Crippen molar-refractivity contribution in [1.29, 1.82) is 0 Å². The van der Waals surface area contributed by atoms with Crippen molar-refractivity contribution in [2.24, 2.45) is 0 Å². The third-order valence-corrected chi connectivity index (χ3v) is 4.14. The van der Waals surface area contributed by atoms with Crippen LogP contribution in [0.1, 0.15) is 6.23 Å². The molecule has 0 radical (unpaired) electrons. The summed E-state index contributed by atoms with van der Waals surface area (Å²) < 4.78 is 6.29. The number of aromatic amines is 1. The average molecular weight is 316 g/mol. The largest absolute Gasteiger partial charge is 0.394 e. The summed E-state index contributed by atoms with van der Waals surface area (Å²) in [7, 11) is 0. The van der Waals surface area contributed by atoms with Crippen molar-refractivity contribution in [1.82, 2.24) is 14.5 Å². The first-order valence-corrected chi connectivity index (χ1v) is 6.79. The highest BCUT2D eigenvalue weighted by Crippen LogP contribution is 2.30. The van der Waals surface area contributed by atoms with E-state index in [1.165, 1.54) is 0 Å². The number of hydrogen-bond acceptors (Lipinski definition) is 9. The number of hydrogen-bond donors (Lipinski definition) is 5. The second kappa shape index (κ2) is 4.89. The Morgan fingerprint density at radius 3 is 2.71 bits per heavy atom. The van der Waals surface area contributed by atoms with Crippen LogP contribution in [0.4, 0.5) is 5.13 Å². The van der Waals surface area contributed by atoms with Crippen molar-refractivity contribution in [3.8, 4) is 0 Å². The number of aromatic nitrogens is 3.